The molecule has 0 fully saturated rings. The summed E-state index contributed by atoms with van der Waals surface area (Å²) in [5.74, 6) is 0. The Labute approximate surface area is 332 Å². The third kappa shape index (κ3) is 8.26. The molecule has 272 valence electrons. The van der Waals surface area contributed by atoms with Crippen LogP contribution in [0.2, 0.25) is 0 Å². The van der Waals surface area contributed by atoms with E-state index in [0.29, 0.717) is 0 Å². The van der Waals surface area contributed by atoms with Gasteiger partial charge in [-0.1, -0.05) is 133 Å². The zero-order chi connectivity index (χ0) is 38.4. The molecule has 56 heavy (non-hydrogen) atoms. The van der Waals surface area contributed by atoms with Crippen LogP contribution in [0.5, 0.6) is 0 Å². The van der Waals surface area contributed by atoms with Gasteiger partial charge in [0.1, 0.15) is 0 Å². The van der Waals surface area contributed by atoms with Crippen LogP contribution in [0.25, 0.3) is 34.4 Å². The van der Waals surface area contributed by atoms with Gasteiger partial charge in [-0.25, -0.2) is 0 Å². The number of hydrogen-bond donors (Lipinski definition) is 0. The third-order valence-corrected chi connectivity index (χ3v) is 10.2. The molecule has 0 heterocycles. The minimum absolute atomic E-state index is 1.13. The Morgan fingerprint density at radius 3 is 0.839 bits per heavy atom. The monoisotopic (exact) mass is 722 g/mol. The quantitative estimate of drug-likeness (QED) is 0.130. The van der Waals surface area contributed by atoms with Crippen LogP contribution in [0, 0.1) is 27.7 Å². The number of para-hydroxylation sites is 2. The van der Waals surface area contributed by atoms with Crippen LogP contribution in [0.4, 0.5) is 34.1 Å². The van der Waals surface area contributed by atoms with Crippen LogP contribution in [-0.2, 0) is 0 Å². The van der Waals surface area contributed by atoms with Crippen molar-refractivity contribution in [2.45, 2.75) is 27.7 Å². The fraction of sp³-hybridized carbons (Fsp3) is 0.0741. The second kappa shape index (κ2) is 16.2. The van der Waals surface area contributed by atoms with E-state index in [0.717, 1.165) is 22.7 Å². The van der Waals surface area contributed by atoms with E-state index in [1.165, 1.54) is 67.0 Å². The van der Waals surface area contributed by atoms with Crippen molar-refractivity contribution < 1.29 is 0 Å². The average molecular weight is 723 g/mol. The molecule has 0 amide bonds. The first-order valence-electron chi connectivity index (χ1n) is 19.3. The number of rotatable bonds is 10. The molecule has 0 spiro atoms. The van der Waals surface area contributed by atoms with Crippen molar-refractivity contribution in [2.75, 3.05) is 9.80 Å². The minimum Gasteiger partial charge on any atom is -0.310 e. The summed E-state index contributed by atoms with van der Waals surface area (Å²) in [6, 6.07) is 70.0. The fourth-order valence-corrected chi connectivity index (χ4v) is 7.58. The van der Waals surface area contributed by atoms with E-state index in [4.69, 9.17) is 0 Å². The van der Waals surface area contributed by atoms with Gasteiger partial charge in [0, 0.05) is 34.1 Å². The summed E-state index contributed by atoms with van der Waals surface area (Å²) in [7, 11) is 0. The van der Waals surface area contributed by atoms with Crippen LogP contribution in [0.1, 0.15) is 33.4 Å². The van der Waals surface area contributed by atoms with Crippen LogP contribution >= 0.6 is 0 Å². The highest BCUT2D eigenvalue weighted by Crippen LogP contribution is 2.38. The maximum atomic E-state index is 2.33. The summed E-state index contributed by atoms with van der Waals surface area (Å²) in [6.45, 7) is 8.63. The van der Waals surface area contributed by atoms with Crippen molar-refractivity contribution in [3.63, 3.8) is 0 Å². The summed E-state index contributed by atoms with van der Waals surface area (Å²) < 4.78 is 0. The summed E-state index contributed by atoms with van der Waals surface area (Å²) in [5.41, 5.74) is 19.0. The average Bonchev–Trinajstić information content (AvgIpc) is 3.21. The van der Waals surface area contributed by atoms with Gasteiger partial charge >= 0.3 is 0 Å². The van der Waals surface area contributed by atoms with Gasteiger partial charge in [-0.15, -0.1) is 0 Å². The number of benzene rings is 8. The molecule has 8 aromatic carbocycles. The van der Waals surface area contributed by atoms with E-state index >= 15 is 0 Å². The maximum Gasteiger partial charge on any atom is 0.0466 e. The van der Waals surface area contributed by atoms with Gasteiger partial charge in [-0.2, -0.15) is 0 Å². The van der Waals surface area contributed by atoms with Crippen LogP contribution in [0.15, 0.2) is 194 Å². The van der Waals surface area contributed by atoms with E-state index in [9.17, 15) is 0 Å². The molecule has 0 unspecified atom stereocenters. The molecule has 0 saturated carbocycles. The normalized spacial score (nSPS) is 11.1. The highest BCUT2D eigenvalue weighted by Gasteiger charge is 2.15. The summed E-state index contributed by atoms with van der Waals surface area (Å²) in [5, 5.41) is 0. The van der Waals surface area contributed by atoms with E-state index < -0.39 is 0 Å². The minimum atomic E-state index is 1.13. The first-order valence-corrected chi connectivity index (χ1v) is 19.3. The fourth-order valence-electron chi connectivity index (χ4n) is 7.58. The highest BCUT2D eigenvalue weighted by molar-refractivity contribution is 5.81. The Hall–Kier alpha value is -6.90. The molecule has 0 aliphatic heterocycles. The lowest BCUT2D eigenvalue weighted by Crippen LogP contribution is -2.10. The summed E-state index contributed by atoms with van der Waals surface area (Å²) in [4.78, 5) is 4.65. The third-order valence-electron chi connectivity index (χ3n) is 10.2. The smallest absolute Gasteiger partial charge is 0.0466 e. The lowest BCUT2D eigenvalue weighted by molar-refractivity contribution is 1.25. The van der Waals surface area contributed by atoms with Crippen molar-refractivity contribution >= 4 is 46.3 Å². The van der Waals surface area contributed by atoms with Crippen molar-refractivity contribution in [3.05, 3.63) is 228 Å². The van der Waals surface area contributed by atoms with Gasteiger partial charge in [-0.3, -0.25) is 0 Å². The van der Waals surface area contributed by atoms with Crippen molar-refractivity contribution in [3.8, 4) is 22.3 Å². The second-order valence-corrected chi connectivity index (χ2v) is 14.7. The Kier molecular flexibility index (Phi) is 10.5. The molecule has 0 saturated heterocycles. The molecule has 2 nitrogen and oxygen atoms in total. The molecule has 0 aliphatic rings. The summed E-state index contributed by atoms with van der Waals surface area (Å²) >= 11 is 0. The molecule has 0 aromatic heterocycles. The molecule has 0 atom stereocenters. The van der Waals surface area contributed by atoms with Crippen LogP contribution < -0.4 is 9.80 Å². The Balaban J connectivity index is 0.950. The number of hydrogen-bond acceptors (Lipinski definition) is 2. The Bertz CT molecular complexity index is 2340. The maximum absolute atomic E-state index is 2.33. The van der Waals surface area contributed by atoms with E-state index in [1.807, 2.05) is 0 Å². The van der Waals surface area contributed by atoms with Gasteiger partial charge in [-0.05, 0) is 156 Å². The van der Waals surface area contributed by atoms with E-state index in [-0.39, 0.29) is 0 Å². The lowest BCUT2D eigenvalue weighted by atomic mass is 10.0. The SMILES string of the molecule is Cc1cc(C)cc(N(c2ccccc2)c2ccc(-c3ccc(C=Cc4ccc(-c5ccc(N(c6ccccc6)c6cc(C)cc(C)c6)cc5)cc4)cc3)cc2)c1. The highest BCUT2D eigenvalue weighted by atomic mass is 15.1. The van der Waals surface area contributed by atoms with E-state index in [2.05, 4.69) is 244 Å². The van der Waals surface area contributed by atoms with Gasteiger partial charge in [0.2, 0.25) is 0 Å². The molecular formula is C54H46N2. The predicted molar refractivity (Wildman–Crippen MR) is 241 cm³/mol. The molecule has 8 aromatic rings. The number of aryl methyl sites for hydroxylation is 4. The Morgan fingerprint density at radius 1 is 0.268 bits per heavy atom. The Morgan fingerprint density at radius 2 is 0.536 bits per heavy atom. The van der Waals surface area contributed by atoms with Gasteiger partial charge in [0.15, 0.2) is 0 Å². The molecule has 8 rings (SSSR count). The second-order valence-electron chi connectivity index (χ2n) is 14.7. The zero-order valence-electron chi connectivity index (χ0n) is 32.5. The van der Waals surface area contributed by atoms with E-state index in [1.54, 1.807) is 0 Å². The molecule has 2 heteroatoms. The van der Waals surface area contributed by atoms with Gasteiger partial charge in [0.25, 0.3) is 0 Å². The molecule has 0 radical (unpaired) electrons. The van der Waals surface area contributed by atoms with Gasteiger partial charge in [0.05, 0.1) is 0 Å². The molecule has 0 aliphatic carbocycles. The molecular weight excluding hydrogens is 677 g/mol. The zero-order valence-corrected chi connectivity index (χ0v) is 32.5. The standard InChI is InChI=1S/C54H46N2/c1-39-33-40(2)36-53(35-39)55(49-11-7-5-8-12-49)51-29-25-47(26-30-51)45-21-17-43(18-22-45)15-16-44-19-23-46(24-20-44)48-27-31-52(32-28-48)56(50-13-9-6-10-14-50)54-37-41(3)34-42(4)38-54/h5-38H,1-4H3. The topological polar surface area (TPSA) is 6.48 Å². The lowest BCUT2D eigenvalue weighted by Gasteiger charge is -2.26. The van der Waals surface area contributed by atoms with Crippen molar-refractivity contribution in [1.82, 2.24) is 0 Å². The van der Waals surface area contributed by atoms with Crippen molar-refractivity contribution in [2.24, 2.45) is 0 Å². The summed E-state index contributed by atoms with van der Waals surface area (Å²) in [6.07, 6.45) is 4.37. The largest absolute Gasteiger partial charge is 0.310 e. The molecule has 0 bridgehead atoms. The van der Waals surface area contributed by atoms with Gasteiger partial charge < -0.3 is 9.80 Å². The predicted octanol–water partition coefficient (Wildman–Crippen LogP) is 15.4. The number of nitrogens with zero attached hydrogens (tertiary/aromatic N) is 2. The van der Waals surface area contributed by atoms with Crippen LogP contribution in [0.3, 0.4) is 0 Å². The first kappa shape index (κ1) is 36.1. The van der Waals surface area contributed by atoms with Crippen molar-refractivity contribution in [1.29, 1.82) is 0 Å². The number of anilines is 6. The molecule has 0 N–H and O–H groups in total. The first-order chi connectivity index (χ1) is 27.4. The van der Waals surface area contributed by atoms with Crippen LogP contribution in [-0.4, -0.2) is 0 Å².